The van der Waals surface area contributed by atoms with Gasteiger partial charge in [-0.05, 0) is 23.5 Å². The zero-order valence-electron chi connectivity index (χ0n) is 15.1. The molecule has 0 bridgehead atoms. The SMILES string of the molecule is CC(C)C(N)C(=O)O.CCCC(=O)c1ccccc1-c1ccccc1. The summed E-state index contributed by atoms with van der Waals surface area (Å²) in [7, 11) is 0. The van der Waals surface area contributed by atoms with Gasteiger partial charge in [0.25, 0.3) is 0 Å². The molecule has 0 heterocycles. The molecular weight excluding hydrogens is 314 g/mol. The molecule has 2 aromatic carbocycles. The van der Waals surface area contributed by atoms with Crippen LogP contribution in [0.3, 0.4) is 0 Å². The van der Waals surface area contributed by atoms with Gasteiger partial charge in [0.1, 0.15) is 6.04 Å². The Morgan fingerprint density at radius 1 is 1.00 bits per heavy atom. The maximum absolute atomic E-state index is 12.0. The van der Waals surface area contributed by atoms with Gasteiger partial charge in [0.05, 0.1) is 0 Å². The van der Waals surface area contributed by atoms with Gasteiger partial charge in [-0.3, -0.25) is 9.59 Å². The van der Waals surface area contributed by atoms with E-state index in [1.807, 2.05) is 61.5 Å². The average molecular weight is 341 g/mol. The van der Waals surface area contributed by atoms with Gasteiger partial charge < -0.3 is 10.8 Å². The van der Waals surface area contributed by atoms with E-state index >= 15 is 0 Å². The molecule has 1 atom stereocenters. The number of hydrogen-bond acceptors (Lipinski definition) is 3. The Labute approximate surface area is 149 Å². The molecule has 4 nitrogen and oxygen atoms in total. The summed E-state index contributed by atoms with van der Waals surface area (Å²) >= 11 is 0. The number of aliphatic carboxylic acids is 1. The molecule has 0 aliphatic rings. The number of carbonyl (C=O) groups is 2. The minimum atomic E-state index is -0.931. The fourth-order valence-corrected chi connectivity index (χ4v) is 2.24. The molecule has 25 heavy (non-hydrogen) atoms. The van der Waals surface area contributed by atoms with E-state index in [1.54, 1.807) is 13.8 Å². The molecule has 134 valence electrons. The van der Waals surface area contributed by atoms with Crippen molar-refractivity contribution >= 4 is 11.8 Å². The Morgan fingerprint density at radius 2 is 1.56 bits per heavy atom. The summed E-state index contributed by atoms with van der Waals surface area (Å²) in [5.74, 6) is -0.681. The van der Waals surface area contributed by atoms with E-state index in [4.69, 9.17) is 10.8 Å². The molecule has 4 heteroatoms. The number of carbonyl (C=O) groups excluding carboxylic acids is 1. The van der Waals surface area contributed by atoms with Gasteiger partial charge in [-0.1, -0.05) is 75.4 Å². The second-order valence-electron chi connectivity index (χ2n) is 6.19. The number of carboxylic acid groups (broad SMARTS) is 1. The van der Waals surface area contributed by atoms with Crippen molar-refractivity contribution < 1.29 is 14.7 Å². The lowest BCUT2D eigenvalue weighted by Gasteiger charge is -2.08. The van der Waals surface area contributed by atoms with Crippen LogP contribution in [0.4, 0.5) is 0 Å². The number of ketones is 1. The lowest BCUT2D eigenvalue weighted by atomic mass is 9.95. The third-order valence-corrected chi connectivity index (χ3v) is 3.79. The summed E-state index contributed by atoms with van der Waals surface area (Å²) < 4.78 is 0. The van der Waals surface area contributed by atoms with Crippen LogP contribution in [-0.4, -0.2) is 22.9 Å². The van der Waals surface area contributed by atoms with Gasteiger partial charge >= 0.3 is 5.97 Å². The molecule has 0 aromatic heterocycles. The number of benzene rings is 2. The second-order valence-corrected chi connectivity index (χ2v) is 6.19. The van der Waals surface area contributed by atoms with Crippen molar-refractivity contribution in [1.82, 2.24) is 0 Å². The molecule has 0 saturated carbocycles. The third-order valence-electron chi connectivity index (χ3n) is 3.79. The number of carboxylic acids is 1. The molecule has 0 aliphatic carbocycles. The van der Waals surface area contributed by atoms with E-state index in [-0.39, 0.29) is 11.7 Å². The lowest BCUT2D eigenvalue weighted by molar-refractivity contribution is -0.139. The second kappa shape index (κ2) is 10.4. The van der Waals surface area contributed by atoms with Crippen molar-refractivity contribution in [3.05, 3.63) is 60.2 Å². The van der Waals surface area contributed by atoms with Gasteiger partial charge in [0.2, 0.25) is 0 Å². The molecule has 0 amide bonds. The highest BCUT2D eigenvalue weighted by Gasteiger charge is 2.14. The molecule has 1 unspecified atom stereocenters. The van der Waals surface area contributed by atoms with E-state index in [2.05, 4.69) is 0 Å². The molecule has 3 N–H and O–H groups in total. The third kappa shape index (κ3) is 6.51. The first kappa shape index (κ1) is 20.6. The maximum Gasteiger partial charge on any atom is 0.320 e. The molecule has 2 aromatic rings. The van der Waals surface area contributed by atoms with Crippen molar-refractivity contribution in [2.24, 2.45) is 11.7 Å². The molecule has 0 aliphatic heterocycles. The van der Waals surface area contributed by atoms with Crippen molar-refractivity contribution in [2.45, 2.75) is 39.7 Å². The zero-order chi connectivity index (χ0) is 18.8. The molecule has 0 fully saturated rings. The summed E-state index contributed by atoms with van der Waals surface area (Å²) in [5, 5.41) is 8.23. The standard InChI is InChI=1S/C16H16O.C5H11NO2/c1-2-8-16(17)15-12-7-6-11-14(15)13-9-4-3-5-10-13;1-3(2)4(6)5(7)8/h3-7,9-12H,2,8H2,1H3;3-4H,6H2,1-2H3,(H,7,8). The van der Waals surface area contributed by atoms with Crippen LogP contribution in [0.25, 0.3) is 11.1 Å². The molecule has 0 saturated heterocycles. The highest BCUT2D eigenvalue weighted by Crippen LogP contribution is 2.24. The molecule has 2 rings (SSSR count). The summed E-state index contributed by atoms with van der Waals surface area (Å²) in [6.45, 7) is 5.58. The lowest BCUT2D eigenvalue weighted by Crippen LogP contribution is -2.34. The number of nitrogens with two attached hydrogens (primary N) is 1. The predicted molar refractivity (Wildman–Crippen MR) is 102 cm³/mol. The minimum Gasteiger partial charge on any atom is -0.480 e. The summed E-state index contributed by atoms with van der Waals surface area (Å²) in [6, 6.07) is 17.2. The smallest absolute Gasteiger partial charge is 0.320 e. The number of Topliss-reactive ketones (excluding diaryl/α,β-unsaturated/α-hetero) is 1. The van der Waals surface area contributed by atoms with Crippen molar-refractivity contribution in [3.8, 4) is 11.1 Å². The van der Waals surface area contributed by atoms with Crippen LogP contribution in [0, 0.1) is 5.92 Å². The average Bonchev–Trinajstić information content (AvgIpc) is 2.62. The maximum atomic E-state index is 12.0. The van der Waals surface area contributed by atoms with Crippen molar-refractivity contribution in [1.29, 1.82) is 0 Å². The van der Waals surface area contributed by atoms with Gasteiger partial charge in [0, 0.05) is 12.0 Å². The van der Waals surface area contributed by atoms with Crippen LogP contribution in [0.5, 0.6) is 0 Å². The topological polar surface area (TPSA) is 80.4 Å². The molecular formula is C21H27NO3. The Morgan fingerprint density at radius 3 is 2.04 bits per heavy atom. The van der Waals surface area contributed by atoms with E-state index in [9.17, 15) is 9.59 Å². The van der Waals surface area contributed by atoms with Crippen LogP contribution in [-0.2, 0) is 4.79 Å². The number of hydrogen-bond donors (Lipinski definition) is 2. The Balaban J connectivity index is 0.000000333. The van der Waals surface area contributed by atoms with E-state index in [1.165, 1.54) is 0 Å². The van der Waals surface area contributed by atoms with Gasteiger partial charge in [-0.15, -0.1) is 0 Å². The first-order valence-electron chi connectivity index (χ1n) is 8.54. The van der Waals surface area contributed by atoms with Gasteiger partial charge in [-0.25, -0.2) is 0 Å². The van der Waals surface area contributed by atoms with Crippen LogP contribution >= 0.6 is 0 Å². The largest absolute Gasteiger partial charge is 0.480 e. The van der Waals surface area contributed by atoms with Gasteiger partial charge in [0.15, 0.2) is 5.78 Å². The van der Waals surface area contributed by atoms with E-state index in [0.717, 1.165) is 23.1 Å². The van der Waals surface area contributed by atoms with Crippen molar-refractivity contribution in [2.75, 3.05) is 0 Å². The fraction of sp³-hybridized carbons (Fsp3) is 0.333. The summed E-state index contributed by atoms with van der Waals surface area (Å²) in [6.07, 6.45) is 1.51. The van der Waals surface area contributed by atoms with Gasteiger partial charge in [-0.2, -0.15) is 0 Å². The monoisotopic (exact) mass is 341 g/mol. The van der Waals surface area contributed by atoms with Crippen LogP contribution in [0.15, 0.2) is 54.6 Å². The molecule has 0 radical (unpaired) electrons. The Bertz CT molecular complexity index is 681. The predicted octanol–water partition coefficient (Wildman–Crippen LogP) is 4.39. The van der Waals surface area contributed by atoms with Crippen LogP contribution < -0.4 is 5.73 Å². The highest BCUT2D eigenvalue weighted by molar-refractivity contribution is 6.02. The van der Waals surface area contributed by atoms with Crippen LogP contribution in [0.2, 0.25) is 0 Å². The summed E-state index contributed by atoms with van der Waals surface area (Å²) in [5.41, 5.74) is 8.13. The Kier molecular flexibility index (Phi) is 8.57. The zero-order valence-corrected chi connectivity index (χ0v) is 15.1. The number of rotatable bonds is 6. The minimum absolute atomic E-state index is 0.0208. The molecule has 0 spiro atoms. The fourth-order valence-electron chi connectivity index (χ4n) is 2.24. The quantitative estimate of drug-likeness (QED) is 0.764. The Hall–Kier alpha value is -2.46. The summed E-state index contributed by atoms with van der Waals surface area (Å²) in [4.78, 5) is 22.1. The van der Waals surface area contributed by atoms with E-state index in [0.29, 0.717) is 6.42 Å². The van der Waals surface area contributed by atoms with E-state index < -0.39 is 12.0 Å². The van der Waals surface area contributed by atoms with Crippen molar-refractivity contribution in [3.63, 3.8) is 0 Å². The highest BCUT2D eigenvalue weighted by atomic mass is 16.4. The first-order chi connectivity index (χ1) is 11.9. The van der Waals surface area contributed by atoms with Crippen LogP contribution in [0.1, 0.15) is 44.0 Å². The first-order valence-corrected chi connectivity index (χ1v) is 8.54. The normalized spacial score (nSPS) is 11.4.